The Morgan fingerprint density at radius 2 is 1.95 bits per heavy atom. The van der Waals surface area contributed by atoms with Crippen molar-refractivity contribution in [3.05, 3.63) is 78.5 Å². The minimum absolute atomic E-state index is 0.0836. The van der Waals surface area contributed by atoms with Crippen LogP contribution >= 0.6 is 0 Å². The number of aromatic nitrogens is 6. The molecule has 0 spiro atoms. The Kier molecular flexibility index (Phi) is 5.45. The number of H-pyrrole nitrogens is 2. The number of carbonyl (C=O) groups is 1. The van der Waals surface area contributed by atoms with Crippen LogP contribution in [0.2, 0.25) is 0 Å². The first-order chi connectivity index (χ1) is 18.0. The fourth-order valence-corrected chi connectivity index (χ4v) is 4.44. The third kappa shape index (κ3) is 4.20. The first-order valence-electron chi connectivity index (χ1n) is 11.8. The molecule has 5 aromatic heterocycles. The second kappa shape index (κ2) is 8.94. The minimum Gasteiger partial charge on any atom is -0.338 e. The van der Waals surface area contributed by atoms with Crippen LogP contribution in [0.5, 0.6) is 0 Å². The Balaban J connectivity index is 1.43. The summed E-state index contributed by atoms with van der Waals surface area (Å²) in [5.74, 6) is -0.363. The predicted octanol–water partition coefficient (Wildman–Crippen LogP) is 6.03. The van der Waals surface area contributed by atoms with E-state index in [9.17, 15) is 9.18 Å². The number of rotatable bonds is 5. The molecule has 9 heteroatoms. The second-order valence-electron chi connectivity index (χ2n) is 8.85. The van der Waals surface area contributed by atoms with E-state index in [0.717, 1.165) is 38.9 Å². The number of aromatic amines is 2. The molecule has 6 rings (SSSR count). The lowest BCUT2D eigenvalue weighted by atomic mass is 10.0. The highest BCUT2D eigenvalue weighted by Crippen LogP contribution is 2.34. The molecular formula is C28H22FN7O. The predicted molar refractivity (Wildman–Crippen MR) is 141 cm³/mol. The highest BCUT2D eigenvalue weighted by atomic mass is 19.1. The molecule has 6 aromatic rings. The number of fused-ring (bicyclic) bond motifs is 2. The molecule has 0 aliphatic rings. The van der Waals surface area contributed by atoms with Gasteiger partial charge in [-0.3, -0.25) is 14.9 Å². The van der Waals surface area contributed by atoms with Crippen LogP contribution in [0.4, 0.5) is 10.1 Å². The SMILES string of the molecule is CCC(=O)Nc1cncc(-c2ccc3[nH]nc(-c4cc5c(-c6cc(C)cc(F)c6)ccnc5[nH]4)c3n2)c1. The molecule has 0 aliphatic heterocycles. The highest BCUT2D eigenvalue weighted by molar-refractivity contribution is 5.99. The maximum absolute atomic E-state index is 14.1. The van der Waals surface area contributed by atoms with Gasteiger partial charge in [-0.1, -0.05) is 13.0 Å². The van der Waals surface area contributed by atoms with Crippen LogP contribution in [-0.2, 0) is 4.79 Å². The van der Waals surface area contributed by atoms with E-state index in [4.69, 9.17) is 4.98 Å². The Hall–Kier alpha value is -4.92. The van der Waals surface area contributed by atoms with Crippen molar-refractivity contribution >= 4 is 33.7 Å². The topological polar surface area (TPSA) is 112 Å². The van der Waals surface area contributed by atoms with Gasteiger partial charge in [-0.05, 0) is 66.1 Å². The zero-order valence-corrected chi connectivity index (χ0v) is 20.1. The van der Waals surface area contributed by atoms with E-state index < -0.39 is 0 Å². The molecule has 0 fully saturated rings. The summed E-state index contributed by atoms with van der Waals surface area (Å²) in [5.41, 5.74) is 8.08. The standard InChI is InChI=1S/C28H22FN7O/c1-3-25(37)32-19-11-17(13-30-14-19)22-4-5-23-26(33-22)27(36-35-23)24-12-21-20(6-7-31-28(21)34-24)16-8-15(2)9-18(29)10-16/h4-14H,3H2,1-2H3,(H,31,34)(H,32,37)(H,35,36). The van der Waals surface area contributed by atoms with Crippen LogP contribution in [0, 0.1) is 12.7 Å². The van der Waals surface area contributed by atoms with Gasteiger partial charge in [-0.25, -0.2) is 14.4 Å². The van der Waals surface area contributed by atoms with Gasteiger partial charge in [-0.2, -0.15) is 5.10 Å². The number of nitrogens with zero attached hydrogens (tertiary/aromatic N) is 4. The molecule has 0 saturated carbocycles. The number of halogens is 1. The number of carbonyl (C=O) groups excluding carboxylic acids is 1. The van der Waals surface area contributed by atoms with Gasteiger partial charge in [-0.15, -0.1) is 0 Å². The van der Waals surface area contributed by atoms with Gasteiger partial charge in [0.25, 0.3) is 0 Å². The molecule has 5 heterocycles. The molecule has 1 aromatic carbocycles. The highest BCUT2D eigenvalue weighted by Gasteiger charge is 2.16. The number of hydrogen-bond donors (Lipinski definition) is 3. The van der Waals surface area contributed by atoms with E-state index in [2.05, 4.69) is 30.5 Å². The normalized spacial score (nSPS) is 11.3. The summed E-state index contributed by atoms with van der Waals surface area (Å²) in [5, 5.41) is 11.2. The summed E-state index contributed by atoms with van der Waals surface area (Å²) in [4.78, 5) is 28.7. The minimum atomic E-state index is -0.279. The van der Waals surface area contributed by atoms with Gasteiger partial charge < -0.3 is 10.3 Å². The molecule has 0 bridgehead atoms. The number of aryl methyl sites for hydroxylation is 1. The molecule has 0 saturated heterocycles. The number of nitrogens with one attached hydrogen (secondary N) is 3. The molecule has 0 radical (unpaired) electrons. The number of amides is 1. The van der Waals surface area contributed by atoms with E-state index >= 15 is 0 Å². The molecule has 8 nitrogen and oxygen atoms in total. The molecular weight excluding hydrogens is 469 g/mol. The smallest absolute Gasteiger partial charge is 0.224 e. The zero-order chi connectivity index (χ0) is 25.5. The lowest BCUT2D eigenvalue weighted by Crippen LogP contribution is -2.09. The molecule has 182 valence electrons. The van der Waals surface area contributed by atoms with Crippen molar-refractivity contribution in [3.8, 4) is 33.8 Å². The molecule has 0 unspecified atom stereocenters. The number of anilines is 1. The zero-order valence-electron chi connectivity index (χ0n) is 20.1. The average molecular weight is 492 g/mol. The van der Waals surface area contributed by atoms with E-state index in [-0.39, 0.29) is 11.7 Å². The maximum atomic E-state index is 14.1. The summed E-state index contributed by atoms with van der Waals surface area (Å²) in [6.45, 7) is 3.67. The second-order valence-corrected chi connectivity index (χ2v) is 8.85. The summed E-state index contributed by atoms with van der Waals surface area (Å²) in [7, 11) is 0. The lowest BCUT2D eigenvalue weighted by Gasteiger charge is -2.06. The van der Waals surface area contributed by atoms with Gasteiger partial charge in [0.2, 0.25) is 5.91 Å². The van der Waals surface area contributed by atoms with Crippen molar-refractivity contribution < 1.29 is 9.18 Å². The van der Waals surface area contributed by atoms with E-state index in [1.807, 2.05) is 43.3 Å². The molecule has 3 N–H and O–H groups in total. The molecule has 1 amide bonds. The molecule has 0 aliphatic carbocycles. The summed E-state index contributed by atoms with van der Waals surface area (Å²) < 4.78 is 14.1. The Labute approximate surface area is 211 Å². The van der Waals surface area contributed by atoms with Crippen molar-refractivity contribution in [3.63, 3.8) is 0 Å². The lowest BCUT2D eigenvalue weighted by molar-refractivity contribution is -0.115. The summed E-state index contributed by atoms with van der Waals surface area (Å²) in [6, 6.07) is 14.5. The average Bonchev–Trinajstić information content (AvgIpc) is 3.51. The van der Waals surface area contributed by atoms with Crippen LogP contribution in [0.15, 0.2) is 67.1 Å². The van der Waals surface area contributed by atoms with Crippen LogP contribution in [0.1, 0.15) is 18.9 Å². The fourth-order valence-electron chi connectivity index (χ4n) is 4.44. The number of pyridine rings is 3. The fraction of sp³-hybridized carbons (Fsp3) is 0.107. The largest absolute Gasteiger partial charge is 0.338 e. The van der Waals surface area contributed by atoms with Crippen molar-refractivity contribution in [2.75, 3.05) is 5.32 Å². The number of hydrogen-bond acceptors (Lipinski definition) is 5. The van der Waals surface area contributed by atoms with Gasteiger partial charge in [0.1, 0.15) is 22.7 Å². The Morgan fingerprint density at radius 3 is 2.78 bits per heavy atom. The molecule has 0 atom stereocenters. The van der Waals surface area contributed by atoms with Crippen molar-refractivity contribution in [2.45, 2.75) is 20.3 Å². The Morgan fingerprint density at radius 1 is 1.05 bits per heavy atom. The van der Waals surface area contributed by atoms with Gasteiger partial charge in [0, 0.05) is 29.8 Å². The van der Waals surface area contributed by atoms with Crippen molar-refractivity contribution in [1.82, 2.24) is 30.1 Å². The monoisotopic (exact) mass is 491 g/mol. The van der Waals surface area contributed by atoms with E-state index in [1.165, 1.54) is 12.1 Å². The molecule has 37 heavy (non-hydrogen) atoms. The van der Waals surface area contributed by atoms with E-state index in [1.54, 1.807) is 25.5 Å². The summed E-state index contributed by atoms with van der Waals surface area (Å²) >= 11 is 0. The summed E-state index contributed by atoms with van der Waals surface area (Å²) in [6.07, 6.45) is 5.39. The van der Waals surface area contributed by atoms with Crippen LogP contribution in [-0.4, -0.2) is 36.0 Å². The van der Waals surface area contributed by atoms with Gasteiger partial charge >= 0.3 is 0 Å². The first-order valence-corrected chi connectivity index (χ1v) is 11.8. The Bertz CT molecular complexity index is 1780. The third-order valence-corrected chi connectivity index (χ3v) is 6.19. The maximum Gasteiger partial charge on any atom is 0.224 e. The van der Waals surface area contributed by atoms with Crippen LogP contribution in [0.3, 0.4) is 0 Å². The van der Waals surface area contributed by atoms with Crippen LogP contribution in [0.25, 0.3) is 55.8 Å². The third-order valence-electron chi connectivity index (χ3n) is 6.19. The van der Waals surface area contributed by atoms with Crippen molar-refractivity contribution in [1.29, 1.82) is 0 Å². The van der Waals surface area contributed by atoms with E-state index in [0.29, 0.717) is 34.7 Å². The van der Waals surface area contributed by atoms with Crippen LogP contribution < -0.4 is 5.32 Å². The van der Waals surface area contributed by atoms with Gasteiger partial charge in [0.15, 0.2) is 0 Å². The quantitative estimate of drug-likeness (QED) is 0.273. The van der Waals surface area contributed by atoms with Gasteiger partial charge in [0.05, 0.1) is 28.8 Å². The first kappa shape index (κ1) is 22.5. The number of benzene rings is 1. The van der Waals surface area contributed by atoms with Crippen molar-refractivity contribution in [2.24, 2.45) is 0 Å².